The molecular formula is C16H25ClN4O2. The number of likely N-dealkylation sites (tertiary alicyclic amines) is 1. The maximum atomic E-state index is 12.5. The number of hydrogen-bond donors (Lipinski definition) is 3. The van der Waals surface area contributed by atoms with Crippen LogP contribution in [0.5, 0.6) is 0 Å². The molecule has 3 amide bonds. The maximum Gasteiger partial charge on any atom is 0.316 e. The highest BCUT2D eigenvalue weighted by Crippen LogP contribution is 2.22. The third kappa shape index (κ3) is 5.73. The molecule has 0 unspecified atom stereocenters. The van der Waals surface area contributed by atoms with Gasteiger partial charge < -0.3 is 21.3 Å². The van der Waals surface area contributed by atoms with Crippen LogP contribution in [0.15, 0.2) is 24.3 Å². The summed E-state index contributed by atoms with van der Waals surface area (Å²) >= 11 is 0. The number of piperidine rings is 1. The second-order valence-corrected chi connectivity index (χ2v) is 5.70. The van der Waals surface area contributed by atoms with Gasteiger partial charge in [-0.15, -0.1) is 12.4 Å². The first-order valence-corrected chi connectivity index (χ1v) is 7.70. The van der Waals surface area contributed by atoms with E-state index in [1.165, 1.54) is 0 Å². The lowest BCUT2D eigenvalue weighted by atomic mass is 9.93. The average molecular weight is 341 g/mol. The van der Waals surface area contributed by atoms with Crippen LogP contribution in [0.2, 0.25) is 0 Å². The minimum atomic E-state index is -0.630. The molecule has 23 heavy (non-hydrogen) atoms. The highest BCUT2D eigenvalue weighted by molar-refractivity contribution is 5.96. The summed E-state index contributed by atoms with van der Waals surface area (Å²) in [6.45, 7) is 2.61. The molecule has 1 saturated heterocycles. The van der Waals surface area contributed by atoms with E-state index >= 15 is 0 Å². The Morgan fingerprint density at radius 3 is 2.61 bits per heavy atom. The summed E-state index contributed by atoms with van der Waals surface area (Å²) < 4.78 is 0. The van der Waals surface area contributed by atoms with Crippen LogP contribution in [0.25, 0.3) is 0 Å². The van der Waals surface area contributed by atoms with Gasteiger partial charge in [0.05, 0.1) is 0 Å². The summed E-state index contributed by atoms with van der Waals surface area (Å²) in [5.74, 6) is 0.708. The fourth-order valence-electron chi connectivity index (χ4n) is 2.83. The normalized spacial score (nSPS) is 14.9. The summed E-state index contributed by atoms with van der Waals surface area (Å²) in [5.41, 5.74) is 6.23. The average Bonchev–Trinajstić information content (AvgIpc) is 2.52. The van der Waals surface area contributed by atoms with Crippen molar-refractivity contribution in [2.45, 2.75) is 19.3 Å². The third-order valence-corrected chi connectivity index (χ3v) is 4.08. The summed E-state index contributed by atoms with van der Waals surface area (Å²) in [5, 5.41) is 5.67. The highest BCUT2D eigenvalue weighted by atomic mass is 35.5. The molecule has 0 bridgehead atoms. The van der Waals surface area contributed by atoms with E-state index in [0.717, 1.165) is 38.9 Å². The third-order valence-electron chi connectivity index (χ3n) is 4.08. The molecular weight excluding hydrogens is 316 g/mol. The molecule has 128 valence electrons. The minimum absolute atomic E-state index is 0. The smallest absolute Gasteiger partial charge is 0.316 e. The number of amides is 3. The van der Waals surface area contributed by atoms with Crippen LogP contribution in [0.1, 0.15) is 29.6 Å². The molecule has 6 nitrogen and oxygen atoms in total. The van der Waals surface area contributed by atoms with Crippen LogP contribution in [-0.4, -0.2) is 43.5 Å². The first-order valence-electron chi connectivity index (χ1n) is 7.70. The number of benzene rings is 1. The van der Waals surface area contributed by atoms with Crippen molar-refractivity contribution in [3.63, 3.8) is 0 Å². The van der Waals surface area contributed by atoms with Crippen LogP contribution in [0, 0.1) is 5.92 Å². The number of nitrogens with zero attached hydrogens (tertiary/aromatic N) is 1. The number of anilines is 1. The molecule has 0 saturated carbocycles. The Hall–Kier alpha value is -1.79. The maximum absolute atomic E-state index is 12.5. The monoisotopic (exact) mass is 340 g/mol. The Morgan fingerprint density at radius 1 is 1.30 bits per heavy atom. The molecule has 1 aliphatic heterocycles. The van der Waals surface area contributed by atoms with Crippen molar-refractivity contribution in [1.82, 2.24) is 10.2 Å². The number of carbonyl (C=O) groups excluding carboxylic acids is 2. The van der Waals surface area contributed by atoms with Gasteiger partial charge in [0, 0.05) is 24.3 Å². The second-order valence-electron chi connectivity index (χ2n) is 5.70. The van der Waals surface area contributed by atoms with Crippen LogP contribution in [-0.2, 0) is 0 Å². The summed E-state index contributed by atoms with van der Waals surface area (Å²) in [4.78, 5) is 25.3. The van der Waals surface area contributed by atoms with Crippen LogP contribution in [0.4, 0.5) is 10.5 Å². The minimum Gasteiger partial charge on any atom is -0.351 e. The number of carbonyl (C=O) groups is 2. The molecule has 0 spiro atoms. The Kier molecular flexibility index (Phi) is 7.85. The van der Waals surface area contributed by atoms with Crippen molar-refractivity contribution in [2.24, 2.45) is 11.7 Å². The van der Waals surface area contributed by atoms with Gasteiger partial charge in [0.25, 0.3) is 5.91 Å². The van der Waals surface area contributed by atoms with E-state index in [9.17, 15) is 9.59 Å². The van der Waals surface area contributed by atoms with E-state index in [1.54, 1.807) is 24.3 Å². The summed E-state index contributed by atoms with van der Waals surface area (Å²) in [6, 6.07) is 6.26. The largest absolute Gasteiger partial charge is 0.351 e. The lowest BCUT2D eigenvalue weighted by molar-refractivity contribution is 0.0687. The lowest BCUT2D eigenvalue weighted by Crippen LogP contribution is -2.39. The van der Waals surface area contributed by atoms with Crippen molar-refractivity contribution < 1.29 is 9.59 Å². The van der Waals surface area contributed by atoms with Gasteiger partial charge in [-0.1, -0.05) is 6.07 Å². The lowest BCUT2D eigenvalue weighted by Gasteiger charge is -2.32. The van der Waals surface area contributed by atoms with Gasteiger partial charge in [0.2, 0.25) is 0 Å². The number of hydrogen-bond acceptors (Lipinski definition) is 3. The Morgan fingerprint density at radius 2 is 2.00 bits per heavy atom. The Labute approximate surface area is 143 Å². The van der Waals surface area contributed by atoms with E-state index in [-0.39, 0.29) is 18.3 Å². The van der Waals surface area contributed by atoms with Crippen molar-refractivity contribution in [1.29, 1.82) is 0 Å². The van der Waals surface area contributed by atoms with Gasteiger partial charge >= 0.3 is 6.03 Å². The number of nitrogens with two attached hydrogens (primary N) is 1. The molecule has 0 aromatic heterocycles. The van der Waals surface area contributed by atoms with Crippen LogP contribution in [0.3, 0.4) is 0 Å². The quantitative estimate of drug-likeness (QED) is 0.766. The van der Waals surface area contributed by atoms with Gasteiger partial charge in [-0.25, -0.2) is 4.79 Å². The fraction of sp³-hybridized carbons (Fsp3) is 0.500. The van der Waals surface area contributed by atoms with Crippen molar-refractivity contribution in [3.05, 3.63) is 29.8 Å². The standard InChI is InChI=1S/C16H24N4O2.ClH/c1-18-8-5-12-6-9-20(10-7-12)15(21)13-3-2-4-14(11-13)19-16(17)22;/h2-4,11-12,18H,5-10H2,1H3,(H3,17,19,22);1H. The molecule has 1 fully saturated rings. The number of rotatable bonds is 5. The van der Waals surface area contributed by atoms with Crippen LogP contribution < -0.4 is 16.4 Å². The molecule has 0 aliphatic carbocycles. The molecule has 7 heteroatoms. The van der Waals surface area contributed by atoms with Crippen molar-refractivity contribution in [2.75, 3.05) is 32.0 Å². The van der Waals surface area contributed by atoms with Gasteiger partial charge in [-0.3, -0.25) is 4.79 Å². The number of primary amides is 1. The van der Waals surface area contributed by atoms with Crippen LogP contribution >= 0.6 is 12.4 Å². The molecule has 0 radical (unpaired) electrons. The first-order chi connectivity index (χ1) is 10.6. The zero-order chi connectivity index (χ0) is 15.9. The van der Waals surface area contributed by atoms with E-state index in [0.29, 0.717) is 17.2 Å². The van der Waals surface area contributed by atoms with E-state index in [2.05, 4.69) is 10.6 Å². The van der Waals surface area contributed by atoms with Crippen molar-refractivity contribution in [3.8, 4) is 0 Å². The zero-order valence-corrected chi connectivity index (χ0v) is 14.2. The van der Waals surface area contributed by atoms with Gasteiger partial charge in [0.1, 0.15) is 0 Å². The summed E-state index contributed by atoms with van der Waals surface area (Å²) in [7, 11) is 1.96. The molecule has 1 heterocycles. The Balaban J connectivity index is 0.00000264. The topological polar surface area (TPSA) is 87.5 Å². The van der Waals surface area contributed by atoms with E-state index in [1.807, 2.05) is 11.9 Å². The number of urea groups is 1. The predicted octanol–water partition coefficient (Wildman–Crippen LogP) is 2.06. The first kappa shape index (κ1) is 19.3. The fourth-order valence-corrected chi connectivity index (χ4v) is 2.83. The highest BCUT2D eigenvalue weighted by Gasteiger charge is 2.23. The predicted molar refractivity (Wildman–Crippen MR) is 94.1 cm³/mol. The second kappa shape index (κ2) is 9.37. The summed E-state index contributed by atoms with van der Waals surface area (Å²) in [6.07, 6.45) is 3.26. The Bertz CT molecular complexity index is 531. The molecule has 1 aromatic rings. The molecule has 2 rings (SSSR count). The van der Waals surface area contributed by atoms with Crippen molar-refractivity contribution >= 4 is 30.0 Å². The zero-order valence-electron chi connectivity index (χ0n) is 13.4. The molecule has 0 atom stereocenters. The van der Waals surface area contributed by atoms with Gasteiger partial charge in [-0.05, 0) is 57.0 Å². The molecule has 4 N–H and O–H groups in total. The molecule has 1 aliphatic rings. The van der Waals surface area contributed by atoms with E-state index < -0.39 is 6.03 Å². The number of nitrogens with one attached hydrogen (secondary N) is 2. The van der Waals surface area contributed by atoms with Gasteiger partial charge in [-0.2, -0.15) is 0 Å². The van der Waals surface area contributed by atoms with E-state index in [4.69, 9.17) is 5.73 Å². The molecule has 1 aromatic carbocycles. The SMILES string of the molecule is CNCCC1CCN(C(=O)c2cccc(NC(N)=O)c2)CC1.Cl. The number of halogens is 1. The van der Waals surface area contributed by atoms with Gasteiger partial charge in [0.15, 0.2) is 0 Å².